The van der Waals surface area contributed by atoms with Crippen molar-refractivity contribution in [3.63, 3.8) is 0 Å². The fraction of sp³-hybridized carbons (Fsp3) is 0.600. The average Bonchev–Trinajstić information content (AvgIpc) is 2.35. The fourth-order valence-corrected chi connectivity index (χ4v) is 2.88. The standard InChI is InChI=1S/C15H23BrClN/c1-4-5-6-9-18(12(2)3)15-8-7-13(11-17)10-14(15)16/h7-8,10,12H,4-6,9,11H2,1-3H3. The lowest BCUT2D eigenvalue weighted by atomic mass is 10.1. The normalized spacial score (nSPS) is 11.0. The molecule has 18 heavy (non-hydrogen) atoms. The Hall–Kier alpha value is -0.210. The molecule has 0 aromatic heterocycles. The van der Waals surface area contributed by atoms with Crippen LogP contribution in [-0.2, 0) is 5.88 Å². The summed E-state index contributed by atoms with van der Waals surface area (Å²) in [4.78, 5) is 2.46. The second-order valence-electron chi connectivity index (χ2n) is 4.91. The van der Waals surface area contributed by atoms with E-state index in [1.54, 1.807) is 0 Å². The molecular weight excluding hydrogens is 310 g/mol. The Morgan fingerprint density at radius 3 is 2.50 bits per heavy atom. The maximum Gasteiger partial charge on any atom is 0.0513 e. The van der Waals surface area contributed by atoms with E-state index in [4.69, 9.17) is 11.6 Å². The van der Waals surface area contributed by atoms with Crippen molar-refractivity contribution in [1.82, 2.24) is 0 Å². The summed E-state index contributed by atoms with van der Waals surface area (Å²) in [5.74, 6) is 0.566. The van der Waals surface area contributed by atoms with Crippen molar-refractivity contribution in [2.24, 2.45) is 0 Å². The van der Waals surface area contributed by atoms with Crippen molar-refractivity contribution in [3.05, 3.63) is 28.2 Å². The molecule has 0 saturated heterocycles. The minimum Gasteiger partial charge on any atom is -0.368 e. The molecule has 1 nitrogen and oxygen atoms in total. The molecule has 0 N–H and O–H groups in total. The van der Waals surface area contributed by atoms with Gasteiger partial charge in [-0.3, -0.25) is 0 Å². The van der Waals surface area contributed by atoms with E-state index in [1.165, 1.54) is 24.9 Å². The largest absolute Gasteiger partial charge is 0.368 e. The van der Waals surface area contributed by atoms with Crippen molar-refractivity contribution in [1.29, 1.82) is 0 Å². The first-order chi connectivity index (χ1) is 8.60. The molecule has 0 aliphatic heterocycles. The number of hydrogen-bond acceptors (Lipinski definition) is 1. The van der Waals surface area contributed by atoms with Gasteiger partial charge in [-0.1, -0.05) is 25.8 Å². The Morgan fingerprint density at radius 1 is 1.28 bits per heavy atom. The van der Waals surface area contributed by atoms with E-state index in [0.717, 1.165) is 16.6 Å². The van der Waals surface area contributed by atoms with Gasteiger partial charge < -0.3 is 4.90 Å². The Balaban J connectivity index is 2.84. The Bertz CT molecular complexity index is 366. The summed E-state index contributed by atoms with van der Waals surface area (Å²) >= 11 is 9.53. The topological polar surface area (TPSA) is 3.24 Å². The van der Waals surface area contributed by atoms with Crippen LogP contribution < -0.4 is 4.90 Å². The highest BCUT2D eigenvalue weighted by atomic mass is 79.9. The zero-order chi connectivity index (χ0) is 13.5. The second-order valence-corrected chi connectivity index (χ2v) is 6.04. The lowest BCUT2D eigenvalue weighted by molar-refractivity contribution is 0.625. The van der Waals surface area contributed by atoms with Crippen molar-refractivity contribution in [2.75, 3.05) is 11.4 Å². The number of hydrogen-bond donors (Lipinski definition) is 0. The van der Waals surface area contributed by atoms with Crippen LogP contribution in [0.2, 0.25) is 0 Å². The molecule has 3 heteroatoms. The van der Waals surface area contributed by atoms with Gasteiger partial charge in [0.05, 0.1) is 5.69 Å². The van der Waals surface area contributed by atoms with Crippen LogP contribution in [0.3, 0.4) is 0 Å². The zero-order valence-electron chi connectivity index (χ0n) is 11.5. The molecular formula is C15H23BrClN. The second kappa shape index (κ2) is 8.06. The predicted octanol–water partition coefficient (Wildman–Crippen LogP) is 5.59. The molecule has 0 radical (unpaired) electrons. The molecule has 0 bridgehead atoms. The third-order valence-electron chi connectivity index (χ3n) is 3.10. The SMILES string of the molecule is CCCCCN(c1ccc(CCl)cc1Br)C(C)C. The summed E-state index contributed by atoms with van der Waals surface area (Å²) in [6.45, 7) is 7.84. The molecule has 0 fully saturated rings. The molecule has 1 aromatic rings. The van der Waals surface area contributed by atoms with Gasteiger partial charge in [0.1, 0.15) is 0 Å². The van der Waals surface area contributed by atoms with E-state index in [2.05, 4.69) is 59.8 Å². The Labute approximate surface area is 125 Å². The third-order valence-corrected chi connectivity index (χ3v) is 4.05. The van der Waals surface area contributed by atoms with E-state index in [-0.39, 0.29) is 0 Å². The molecule has 102 valence electrons. The summed E-state index contributed by atoms with van der Waals surface area (Å²) < 4.78 is 1.14. The highest BCUT2D eigenvalue weighted by Crippen LogP contribution is 2.29. The van der Waals surface area contributed by atoms with E-state index in [0.29, 0.717) is 11.9 Å². The number of unbranched alkanes of at least 4 members (excludes halogenated alkanes) is 2. The van der Waals surface area contributed by atoms with Crippen LogP contribution in [0, 0.1) is 0 Å². The minimum absolute atomic E-state index is 0.514. The summed E-state index contributed by atoms with van der Waals surface area (Å²) in [5.41, 5.74) is 2.43. The van der Waals surface area contributed by atoms with Crippen LogP contribution in [0.25, 0.3) is 0 Å². The van der Waals surface area contributed by atoms with Crippen molar-refractivity contribution in [2.45, 2.75) is 52.0 Å². The third kappa shape index (κ3) is 4.47. The van der Waals surface area contributed by atoms with Crippen LogP contribution >= 0.6 is 27.5 Å². The van der Waals surface area contributed by atoms with Crippen LogP contribution in [0.15, 0.2) is 22.7 Å². The maximum atomic E-state index is 5.86. The van der Waals surface area contributed by atoms with E-state index < -0.39 is 0 Å². The molecule has 0 spiro atoms. The van der Waals surface area contributed by atoms with Crippen molar-refractivity contribution < 1.29 is 0 Å². The molecule has 0 amide bonds. The summed E-state index contributed by atoms with van der Waals surface area (Å²) in [6, 6.07) is 6.92. The molecule has 1 rings (SSSR count). The lowest BCUT2D eigenvalue weighted by Gasteiger charge is -2.30. The summed E-state index contributed by atoms with van der Waals surface area (Å²) in [7, 11) is 0. The number of anilines is 1. The first kappa shape index (κ1) is 15.8. The van der Waals surface area contributed by atoms with Crippen molar-refractivity contribution in [3.8, 4) is 0 Å². The number of alkyl halides is 1. The minimum atomic E-state index is 0.514. The van der Waals surface area contributed by atoms with Gasteiger partial charge in [0.25, 0.3) is 0 Å². The van der Waals surface area contributed by atoms with Gasteiger partial charge in [0, 0.05) is 22.9 Å². The molecule has 0 unspecified atom stereocenters. The van der Waals surface area contributed by atoms with E-state index in [9.17, 15) is 0 Å². The monoisotopic (exact) mass is 331 g/mol. The molecule has 0 saturated carbocycles. The smallest absolute Gasteiger partial charge is 0.0513 e. The van der Waals surface area contributed by atoms with Gasteiger partial charge in [-0.15, -0.1) is 11.6 Å². The number of benzene rings is 1. The van der Waals surface area contributed by atoms with Gasteiger partial charge in [0.2, 0.25) is 0 Å². The highest BCUT2D eigenvalue weighted by Gasteiger charge is 2.13. The van der Waals surface area contributed by atoms with Crippen LogP contribution in [0.4, 0.5) is 5.69 Å². The maximum absolute atomic E-state index is 5.86. The van der Waals surface area contributed by atoms with Crippen molar-refractivity contribution >= 4 is 33.2 Å². The Kier molecular flexibility index (Phi) is 7.10. The zero-order valence-corrected chi connectivity index (χ0v) is 13.9. The van der Waals surface area contributed by atoms with Gasteiger partial charge >= 0.3 is 0 Å². The molecule has 1 aromatic carbocycles. The summed E-state index contributed by atoms with van der Waals surface area (Å²) in [6.07, 6.45) is 3.80. The molecule has 0 heterocycles. The predicted molar refractivity (Wildman–Crippen MR) is 85.7 cm³/mol. The summed E-state index contributed by atoms with van der Waals surface area (Å²) in [5, 5.41) is 0. The van der Waals surface area contributed by atoms with E-state index >= 15 is 0 Å². The van der Waals surface area contributed by atoms with Gasteiger partial charge in [-0.2, -0.15) is 0 Å². The Morgan fingerprint density at radius 2 is 2.00 bits per heavy atom. The number of nitrogens with zero attached hydrogens (tertiary/aromatic N) is 1. The quantitative estimate of drug-likeness (QED) is 0.464. The van der Waals surface area contributed by atoms with Crippen LogP contribution in [-0.4, -0.2) is 12.6 Å². The highest BCUT2D eigenvalue weighted by molar-refractivity contribution is 9.10. The molecule has 0 aliphatic carbocycles. The lowest BCUT2D eigenvalue weighted by Crippen LogP contribution is -2.32. The molecule has 0 atom stereocenters. The van der Waals surface area contributed by atoms with Gasteiger partial charge in [0.15, 0.2) is 0 Å². The number of halogens is 2. The fourth-order valence-electron chi connectivity index (χ4n) is 2.06. The first-order valence-electron chi connectivity index (χ1n) is 6.71. The van der Waals surface area contributed by atoms with Gasteiger partial charge in [-0.25, -0.2) is 0 Å². The van der Waals surface area contributed by atoms with Crippen LogP contribution in [0.1, 0.15) is 45.6 Å². The first-order valence-corrected chi connectivity index (χ1v) is 8.04. The number of rotatable bonds is 7. The van der Waals surface area contributed by atoms with Gasteiger partial charge in [-0.05, 0) is 53.9 Å². The van der Waals surface area contributed by atoms with E-state index in [1.807, 2.05) is 0 Å². The molecule has 0 aliphatic rings. The average molecular weight is 333 g/mol. The van der Waals surface area contributed by atoms with Crippen LogP contribution in [0.5, 0.6) is 0 Å².